The third-order valence-corrected chi connectivity index (χ3v) is 5.20. The first-order valence-corrected chi connectivity index (χ1v) is 10.9. The number of nitrogens with zero attached hydrogens (tertiary/aromatic N) is 1. The van der Waals surface area contributed by atoms with Crippen LogP contribution in [0, 0.1) is 6.92 Å². The minimum Gasteiger partial charge on any atom is -0.493 e. The maximum atomic E-state index is 12.4. The van der Waals surface area contributed by atoms with Crippen LogP contribution >= 0.6 is 15.9 Å². The van der Waals surface area contributed by atoms with Gasteiger partial charge >= 0.3 is 0 Å². The molecule has 0 radical (unpaired) electrons. The number of benzene rings is 3. The van der Waals surface area contributed by atoms with Crippen molar-refractivity contribution in [2.45, 2.75) is 20.5 Å². The van der Waals surface area contributed by atoms with Crippen molar-refractivity contribution in [2.24, 2.45) is 5.10 Å². The zero-order valence-electron chi connectivity index (χ0n) is 18.2. The highest BCUT2D eigenvalue weighted by atomic mass is 79.9. The molecule has 32 heavy (non-hydrogen) atoms. The molecule has 0 aliphatic carbocycles. The number of ether oxygens (including phenoxy) is 3. The number of carbonyl (C=O) groups excluding carboxylic acids is 1. The Morgan fingerprint density at radius 2 is 1.75 bits per heavy atom. The number of halogens is 1. The summed E-state index contributed by atoms with van der Waals surface area (Å²) in [5.74, 6) is 1.47. The van der Waals surface area contributed by atoms with Crippen molar-refractivity contribution in [3.05, 3.63) is 87.4 Å². The van der Waals surface area contributed by atoms with Crippen molar-refractivity contribution in [3.63, 3.8) is 0 Å². The lowest BCUT2D eigenvalue weighted by Crippen LogP contribution is -2.17. The van der Waals surface area contributed by atoms with Crippen molar-refractivity contribution >= 4 is 28.1 Å². The number of methoxy groups -OCH3 is 1. The quantitative estimate of drug-likeness (QED) is 0.313. The Hall–Kier alpha value is -3.32. The van der Waals surface area contributed by atoms with Gasteiger partial charge in [0.25, 0.3) is 5.91 Å². The van der Waals surface area contributed by atoms with E-state index in [1.54, 1.807) is 31.5 Å². The van der Waals surface area contributed by atoms with Crippen molar-refractivity contribution in [1.82, 2.24) is 5.43 Å². The van der Waals surface area contributed by atoms with Crippen LogP contribution in [0.1, 0.15) is 34.0 Å². The molecule has 0 saturated heterocycles. The maximum Gasteiger partial charge on any atom is 0.271 e. The molecule has 0 bridgehead atoms. The number of nitrogens with one attached hydrogen (secondary N) is 1. The van der Waals surface area contributed by atoms with E-state index in [4.69, 9.17) is 14.2 Å². The van der Waals surface area contributed by atoms with E-state index in [1.165, 1.54) is 5.56 Å². The average molecular weight is 497 g/mol. The Kier molecular flexibility index (Phi) is 8.27. The summed E-state index contributed by atoms with van der Waals surface area (Å²) in [6.45, 7) is 4.87. The highest BCUT2D eigenvalue weighted by molar-refractivity contribution is 9.10. The molecule has 0 aromatic heterocycles. The second-order valence-electron chi connectivity index (χ2n) is 6.96. The molecule has 0 atom stereocenters. The first-order valence-electron chi connectivity index (χ1n) is 10.1. The Labute approximate surface area is 196 Å². The molecule has 166 valence electrons. The molecule has 7 heteroatoms. The van der Waals surface area contributed by atoms with E-state index in [0.717, 1.165) is 21.3 Å². The highest BCUT2D eigenvalue weighted by Gasteiger charge is 2.10. The van der Waals surface area contributed by atoms with Gasteiger partial charge < -0.3 is 14.2 Å². The molecule has 3 aromatic rings. The third kappa shape index (κ3) is 6.34. The summed E-state index contributed by atoms with van der Waals surface area (Å²) >= 11 is 3.53. The zero-order valence-corrected chi connectivity index (χ0v) is 19.8. The second-order valence-corrected chi connectivity index (χ2v) is 7.82. The summed E-state index contributed by atoms with van der Waals surface area (Å²) < 4.78 is 17.4. The molecule has 3 rings (SSSR count). The summed E-state index contributed by atoms with van der Waals surface area (Å²) in [4.78, 5) is 12.4. The predicted octanol–water partition coefficient (Wildman–Crippen LogP) is 5.51. The number of rotatable bonds is 9. The van der Waals surface area contributed by atoms with Crippen LogP contribution in [0.5, 0.6) is 17.2 Å². The van der Waals surface area contributed by atoms with Crippen LogP contribution < -0.4 is 19.6 Å². The molecule has 0 spiro atoms. The normalized spacial score (nSPS) is 10.8. The van der Waals surface area contributed by atoms with Gasteiger partial charge in [-0.3, -0.25) is 4.79 Å². The molecular formula is C25H25BrN2O4. The minimum absolute atomic E-state index is 0.345. The maximum absolute atomic E-state index is 12.4. The topological polar surface area (TPSA) is 69.2 Å². The molecular weight excluding hydrogens is 472 g/mol. The first-order chi connectivity index (χ1) is 15.5. The van der Waals surface area contributed by atoms with Crippen LogP contribution in [-0.2, 0) is 6.61 Å². The summed E-state index contributed by atoms with van der Waals surface area (Å²) in [5, 5.41) is 4.05. The third-order valence-electron chi connectivity index (χ3n) is 4.58. The van der Waals surface area contributed by atoms with E-state index < -0.39 is 0 Å². The molecule has 0 fully saturated rings. The van der Waals surface area contributed by atoms with E-state index in [2.05, 4.69) is 45.5 Å². The lowest BCUT2D eigenvalue weighted by molar-refractivity contribution is 0.0954. The van der Waals surface area contributed by atoms with E-state index in [0.29, 0.717) is 30.3 Å². The van der Waals surface area contributed by atoms with Gasteiger partial charge in [-0.05, 0) is 77.3 Å². The second kappa shape index (κ2) is 11.3. The fourth-order valence-electron chi connectivity index (χ4n) is 2.88. The lowest BCUT2D eigenvalue weighted by atomic mass is 10.2. The SMILES string of the molecule is CCOc1cc(C(=O)N/N=C/c2ccc(OCc3ccc(C)cc3)c(Br)c2)ccc1OC. The molecule has 3 aromatic carbocycles. The van der Waals surface area contributed by atoms with Gasteiger partial charge in [-0.25, -0.2) is 5.43 Å². The number of hydrogen-bond donors (Lipinski definition) is 1. The molecule has 1 amide bonds. The summed E-state index contributed by atoms with van der Waals surface area (Å²) in [6, 6.07) is 18.8. The summed E-state index contributed by atoms with van der Waals surface area (Å²) in [5.41, 5.74) is 6.07. The van der Waals surface area contributed by atoms with E-state index in [9.17, 15) is 4.79 Å². The van der Waals surface area contributed by atoms with E-state index in [1.807, 2.05) is 37.3 Å². The molecule has 1 N–H and O–H groups in total. The van der Waals surface area contributed by atoms with Crippen LogP contribution in [0.4, 0.5) is 0 Å². The summed E-state index contributed by atoms with van der Waals surface area (Å²) in [6.07, 6.45) is 1.57. The van der Waals surface area contributed by atoms with Crippen molar-refractivity contribution in [2.75, 3.05) is 13.7 Å². The zero-order chi connectivity index (χ0) is 22.9. The first kappa shape index (κ1) is 23.3. The minimum atomic E-state index is -0.345. The average Bonchev–Trinajstić information content (AvgIpc) is 2.79. The van der Waals surface area contributed by atoms with Crippen molar-refractivity contribution in [3.8, 4) is 17.2 Å². The lowest BCUT2D eigenvalue weighted by Gasteiger charge is -2.10. The van der Waals surface area contributed by atoms with Gasteiger partial charge in [0, 0.05) is 5.56 Å². The largest absolute Gasteiger partial charge is 0.493 e. The molecule has 0 aliphatic heterocycles. The highest BCUT2D eigenvalue weighted by Crippen LogP contribution is 2.28. The molecule has 0 aliphatic rings. The van der Waals surface area contributed by atoms with Crippen molar-refractivity contribution in [1.29, 1.82) is 0 Å². The van der Waals surface area contributed by atoms with E-state index >= 15 is 0 Å². The Bertz CT molecular complexity index is 1100. The van der Waals surface area contributed by atoms with Gasteiger partial charge in [0.05, 0.1) is 24.4 Å². The fourth-order valence-corrected chi connectivity index (χ4v) is 3.39. The number of hydrogen-bond acceptors (Lipinski definition) is 5. The van der Waals surface area contributed by atoms with Crippen LogP contribution in [0.2, 0.25) is 0 Å². The monoisotopic (exact) mass is 496 g/mol. The van der Waals surface area contributed by atoms with Crippen LogP contribution in [0.25, 0.3) is 0 Å². The molecule has 6 nitrogen and oxygen atoms in total. The molecule has 0 heterocycles. The number of amides is 1. The standard InChI is InChI=1S/C25H25BrN2O4/c1-4-31-24-14-20(10-12-23(24)30-3)25(29)28-27-15-19-9-11-22(21(26)13-19)32-16-18-7-5-17(2)6-8-18/h5-15H,4,16H2,1-3H3,(H,28,29)/b27-15+. The summed E-state index contributed by atoms with van der Waals surface area (Å²) in [7, 11) is 1.55. The van der Waals surface area contributed by atoms with Gasteiger partial charge in [-0.2, -0.15) is 5.10 Å². The van der Waals surface area contributed by atoms with Crippen LogP contribution in [0.15, 0.2) is 70.2 Å². The Morgan fingerprint density at radius 1 is 1.00 bits per heavy atom. The smallest absolute Gasteiger partial charge is 0.271 e. The Morgan fingerprint density at radius 3 is 2.44 bits per heavy atom. The van der Waals surface area contributed by atoms with Crippen molar-refractivity contribution < 1.29 is 19.0 Å². The number of aryl methyl sites for hydroxylation is 1. The van der Waals surface area contributed by atoms with Crippen LogP contribution in [-0.4, -0.2) is 25.8 Å². The fraction of sp³-hybridized carbons (Fsp3) is 0.200. The van der Waals surface area contributed by atoms with Gasteiger partial charge in [0.15, 0.2) is 11.5 Å². The number of hydrazone groups is 1. The van der Waals surface area contributed by atoms with Gasteiger partial charge in [0.1, 0.15) is 12.4 Å². The van der Waals surface area contributed by atoms with Gasteiger partial charge in [0.2, 0.25) is 0 Å². The number of carbonyl (C=O) groups is 1. The van der Waals surface area contributed by atoms with E-state index in [-0.39, 0.29) is 5.91 Å². The van der Waals surface area contributed by atoms with Gasteiger partial charge in [-0.15, -0.1) is 0 Å². The predicted molar refractivity (Wildman–Crippen MR) is 129 cm³/mol. The molecule has 0 saturated carbocycles. The molecule has 0 unspecified atom stereocenters. The van der Waals surface area contributed by atoms with Crippen LogP contribution in [0.3, 0.4) is 0 Å². The Balaban J connectivity index is 1.59. The van der Waals surface area contributed by atoms with Gasteiger partial charge in [-0.1, -0.05) is 29.8 Å².